The number of benzene rings is 3. The number of para-hydroxylation sites is 2. The molecule has 0 aliphatic carbocycles. The second-order valence-corrected chi connectivity index (χ2v) is 6.25. The smallest absolute Gasteiger partial charge is 0.265 e. The van der Waals surface area contributed by atoms with Gasteiger partial charge in [-0.15, -0.1) is 0 Å². The Morgan fingerprint density at radius 3 is 2.50 bits per heavy atom. The summed E-state index contributed by atoms with van der Waals surface area (Å²) in [7, 11) is 0. The first kappa shape index (κ1) is 16.2. The number of hydrogen-bond donors (Lipinski definition) is 2. The zero-order chi connectivity index (χ0) is 17.9. The van der Waals surface area contributed by atoms with Crippen molar-refractivity contribution in [2.45, 2.75) is 19.4 Å². The quantitative estimate of drug-likeness (QED) is 0.528. The number of amides is 1. The Balaban J connectivity index is 1.57. The highest BCUT2D eigenvalue weighted by molar-refractivity contribution is 6.09. The van der Waals surface area contributed by atoms with E-state index in [1.54, 1.807) is 0 Å². The van der Waals surface area contributed by atoms with Gasteiger partial charge in [0.2, 0.25) is 0 Å². The van der Waals surface area contributed by atoms with Crippen molar-refractivity contribution in [1.82, 2.24) is 4.98 Å². The topological polar surface area (TPSA) is 54.1 Å². The molecule has 0 spiro atoms. The van der Waals surface area contributed by atoms with Gasteiger partial charge in [-0.2, -0.15) is 0 Å². The molecular weight excluding hydrogens is 324 g/mol. The van der Waals surface area contributed by atoms with Gasteiger partial charge in [-0.3, -0.25) is 4.79 Å². The predicted octanol–water partition coefficient (Wildman–Crippen LogP) is 5.12. The van der Waals surface area contributed by atoms with E-state index < -0.39 is 6.10 Å². The van der Waals surface area contributed by atoms with Gasteiger partial charge in [-0.05, 0) is 42.8 Å². The maximum atomic E-state index is 12.6. The minimum Gasteiger partial charge on any atom is -0.481 e. The lowest BCUT2D eigenvalue weighted by Gasteiger charge is -2.17. The molecular formula is C22H20N2O2. The van der Waals surface area contributed by atoms with Crippen molar-refractivity contribution in [1.29, 1.82) is 0 Å². The molecule has 0 saturated heterocycles. The summed E-state index contributed by atoms with van der Waals surface area (Å²) in [5, 5.41) is 5.22. The first-order valence-corrected chi connectivity index (χ1v) is 8.77. The molecule has 0 aliphatic rings. The van der Waals surface area contributed by atoms with Gasteiger partial charge >= 0.3 is 0 Å². The average molecular weight is 344 g/mol. The molecule has 4 rings (SSSR count). The summed E-state index contributed by atoms with van der Waals surface area (Å²) in [5.41, 5.74) is 2.91. The molecule has 4 nitrogen and oxygen atoms in total. The summed E-state index contributed by atoms with van der Waals surface area (Å²) in [6, 6.07) is 23.5. The standard InChI is InChI=1S/C22H20N2O2/c1-2-21(26-16-8-4-3-5-9-16)22(25)23-15-12-13-20-18(14-15)17-10-6-7-11-19(17)24-20/h3-14,21,24H,2H2,1H3,(H,23,25)/t21-/m1/s1. The largest absolute Gasteiger partial charge is 0.481 e. The minimum atomic E-state index is -0.531. The highest BCUT2D eigenvalue weighted by Gasteiger charge is 2.18. The normalized spacial score (nSPS) is 12.2. The molecule has 0 fully saturated rings. The molecule has 0 unspecified atom stereocenters. The number of H-pyrrole nitrogens is 1. The van der Waals surface area contributed by atoms with Gasteiger partial charge in [-0.25, -0.2) is 0 Å². The third kappa shape index (κ3) is 3.14. The lowest BCUT2D eigenvalue weighted by Crippen LogP contribution is -2.32. The highest BCUT2D eigenvalue weighted by atomic mass is 16.5. The molecule has 4 aromatic rings. The number of aromatic nitrogens is 1. The summed E-state index contributed by atoms with van der Waals surface area (Å²) in [4.78, 5) is 16.0. The van der Waals surface area contributed by atoms with Crippen LogP contribution in [0.5, 0.6) is 5.75 Å². The SMILES string of the molecule is CC[C@@H](Oc1ccccc1)C(=O)Nc1ccc2[nH]c3ccccc3c2c1. The van der Waals surface area contributed by atoms with Crippen molar-refractivity contribution in [2.75, 3.05) is 5.32 Å². The van der Waals surface area contributed by atoms with E-state index >= 15 is 0 Å². The van der Waals surface area contributed by atoms with Crippen LogP contribution in [0.4, 0.5) is 5.69 Å². The van der Waals surface area contributed by atoms with Crippen molar-refractivity contribution >= 4 is 33.4 Å². The maximum absolute atomic E-state index is 12.6. The molecule has 130 valence electrons. The van der Waals surface area contributed by atoms with Gasteiger partial charge in [-0.1, -0.05) is 43.3 Å². The van der Waals surface area contributed by atoms with Gasteiger partial charge in [0, 0.05) is 27.5 Å². The van der Waals surface area contributed by atoms with E-state index in [1.807, 2.05) is 67.6 Å². The summed E-state index contributed by atoms with van der Waals surface area (Å²) >= 11 is 0. The minimum absolute atomic E-state index is 0.143. The lowest BCUT2D eigenvalue weighted by atomic mass is 10.1. The van der Waals surface area contributed by atoms with Crippen LogP contribution in [0, 0.1) is 0 Å². The molecule has 3 aromatic carbocycles. The fraction of sp³-hybridized carbons (Fsp3) is 0.136. The Morgan fingerprint density at radius 2 is 1.69 bits per heavy atom. The molecule has 2 N–H and O–H groups in total. The van der Waals surface area contributed by atoms with Crippen molar-refractivity contribution in [3.63, 3.8) is 0 Å². The summed E-state index contributed by atoms with van der Waals surface area (Å²) in [6.45, 7) is 1.94. The fourth-order valence-electron chi connectivity index (χ4n) is 3.13. The van der Waals surface area contributed by atoms with E-state index in [1.165, 1.54) is 0 Å². The Morgan fingerprint density at radius 1 is 0.962 bits per heavy atom. The molecule has 1 amide bonds. The molecule has 1 aromatic heterocycles. The van der Waals surface area contributed by atoms with Crippen molar-refractivity contribution in [2.24, 2.45) is 0 Å². The zero-order valence-electron chi connectivity index (χ0n) is 14.5. The molecule has 0 aliphatic heterocycles. The molecule has 26 heavy (non-hydrogen) atoms. The maximum Gasteiger partial charge on any atom is 0.265 e. The van der Waals surface area contributed by atoms with Gasteiger partial charge < -0.3 is 15.0 Å². The van der Waals surface area contributed by atoms with E-state index in [4.69, 9.17) is 4.74 Å². The second-order valence-electron chi connectivity index (χ2n) is 6.25. The van der Waals surface area contributed by atoms with Crippen LogP contribution in [0.1, 0.15) is 13.3 Å². The Labute approximate surface area is 151 Å². The highest BCUT2D eigenvalue weighted by Crippen LogP contribution is 2.27. The Bertz CT molecular complexity index is 1050. The second kappa shape index (κ2) is 6.92. The number of nitrogens with one attached hydrogen (secondary N) is 2. The van der Waals surface area contributed by atoms with E-state index in [2.05, 4.69) is 22.4 Å². The molecule has 0 radical (unpaired) electrons. The van der Waals surface area contributed by atoms with Crippen LogP contribution in [-0.4, -0.2) is 17.0 Å². The third-order valence-corrected chi connectivity index (χ3v) is 4.46. The summed E-state index contributed by atoms with van der Waals surface area (Å²) in [5.74, 6) is 0.553. The molecule has 1 heterocycles. The van der Waals surface area contributed by atoms with Crippen LogP contribution in [0.3, 0.4) is 0 Å². The molecule has 4 heteroatoms. The number of carbonyl (C=O) groups is 1. The number of anilines is 1. The van der Waals surface area contributed by atoms with Crippen LogP contribution in [0.25, 0.3) is 21.8 Å². The number of fused-ring (bicyclic) bond motifs is 3. The Kier molecular flexibility index (Phi) is 4.32. The average Bonchev–Trinajstić information content (AvgIpc) is 3.05. The van der Waals surface area contributed by atoms with Crippen LogP contribution >= 0.6 is 0 Å². The Hall–Kier alpha value is -3.27. The van der Waals surface area contributed by atoms with Gasteiger partial charge in [0.25, 0.3) is 5.91 Å². The third-order valence-electron chi connectivity index (χ3n) is 4.46. The van der Waals surface area contributed by atoms with E-state index in [0.29, 0.717) is 12.2 Å². The number of carbonyl (C=O) groups excluding carboxylic acids is 1. The van der Waals surface area contributed by atoms with Crippen molar-refractivity contribution in [3.8, 4) is 5.75 Å². The first-order chi connectivity index (χ1) is 12.7. The summed E-state index contributed by atoms with van der Waals surface area (Å²) in [6.07, 6.45) is 0.0619. The van der Waals surface area contributed by atoms with Gasteiger partial charge in [0.1, 0.15) is 5.75 Å². The predicted molar refractivity (Wildman–Crippen MR) is 106 cm³/mol. The fourth-order valence-corrected chi connectivity index (χ4v) is 3.13. The van der Waals surface area contributed by atoms with Crippen molar-refractivity contribution < 1.29 is 9.53 Å². The van der Waals surface area contributed by atoms with Crippen LogP contribution < -0.4 is 10.1 Å². The summed E-state index contributed by atoms with van der Waals surface area (Å²) < 4.78 is 5.82. The monoisotopic (exact) mass is 344 g/mol. The molecule has 1 atom stereocenters. The van der Waals surface area contributed by atoms with Crippen LogP contribution in [0.2, 0.25) is 0 Å². The van der Waals surface area contributed by atoms with E-state index in [9.17, 15) is 4.79 Å². The van der Waals surface area contributed by atoms with Crippen LogP contribution in [0.15, 0.2) is 72.8 Å². The van der Waals surface area contributed by atoms with Crippen LogP contribution in [-0.2, 0) is 4.79 Å². The van der Waals surface area contributed by atoms with E-state index in [-0.39, 0.29) is 5.91 Å². The first-order valence-electron chi connectivity index (χ1n) is 8.77. The number of aromatic amines is 1. The zero-order valence-corrected chi connectivity index (χ0v) is 14.5. The molecule has 0 saturated carbocycles. The molecule has 0 bridgehead atoms. The van der Waals surface area contributed by atoms with Gasteiger partial charge in [0.15, 0.2) is 6.10 Å². The van der Waals surface area contributed by atoms with Crippen molar-refractivity contribution in [3.05, 3.63) is 72.8 Å². The van der Waals surface area contributed by atoms with E-state index in [0.717, 1.165) is 27.5 Å². The number of hydrogen-bond acceptors (Lipinski definition) is 2. The van der Waals surface area contributed by atoms with Gasteiger partial charge in [0.05, 0.1) is 0 Å². The number of ether oxygens (including phenoxy) is 1. The number of rotatable bonds is 5. The lowest BCUT2D eigenvalue weighted by molar-refractivity contribution is -0.122.